The first kappa shape index (κ1) is 15.3. The summed E-state index contributed by atoms with van der Waals surface area (Å²) in [6.45, 7) is -1.60. The first-order valence-corrected chi connectivity index (χ1v) is 5.90. The Bertz CT molecular complexity index is 692. The van der Waals surface area contributed by atoms with Gasteiger partial charge < -0.3 is 20.7 Å². The van der Waals surface area contributed by atoms with Gasteiger partial charge in [0.15, 0.2) is 11.8 Å². The molecule has 4 atom stereocenters. The van der Waals surface area contributed by atoms with Crippen molar-refractivity contribution in [3.05, 3.63) is 27.3 Å². The van der Waals surface area contributed by atoms with Crippen molar-refractivity contribution in [1.29, 1.82) is 0 Å². The van der Waals surface area contributed by atoms with E-state index in [4.69, 9.17) is 15.6 Å². The number of aromatic amines is 1. The summed E-state index contributed by atoms with van der Waals surface area (Å²) in [6.07, 6.45) is -3.06. The van der Waals surface area contributed by atoms with E-state index in [1.807, 2.05) is 4.98 Å². The number of alkyl halides is 1. The van der Waals surface area contributed by atoms with Crippen molar-refractivity contribution in [1.82, 2.24) is 14.5 Å². The zero-order valence-corrected chi connectivity index (χ0v) is 10.7. The lowest BCUT2D eigenvalue weighted by Crippen LogP contribution is -2.55. The molecule has 1 unspecified atom stereocenters. The Kier molecular flexibility index (Phi) is 4.19. The lowest BCUT2D eigenvalue weighted by atomic mass is 9.91. The second-order valence-corrected chi connectivity index (χ2v) is 4.41. The molecule has 21 heavy (non-hydrogen) atoms. The molecule has 2 rings (SSSR count). The smallest absolute Gasteiger partial charge is 0.350 e. The SMILES string of the molecule is N[C@]1(C#CCF)C(O)[C@@H](CO)O[C@H]1n1cnc(=O)[nH]c1=O. The Balaban J connectivity index is 2.53. The maximum Gasteiger partial charge on any atom is 0.350 e. The Morgan fingerprint density at radius 2 is 2.33 bits per heavy atom. The third kappa shape index (κ3) is 2.59. The maximum atomic E-state index is 12.3. The first-order chi connectivity index (χ1) is 9.93. The van der Waals surface area contributed by atoms with Gasteiger partial charge in [-0.1, -0.05) is 11.8 Å². The largest absolute Gasteiger partial charge is 0.394 e. The number of nitrogens with zero attached hydrogens (tertiary/aromatic N) is 2. The van der Waals surface area contributed by atoms with E-state index in [1.165, 1.54) is 0 Å². The number of nitrogens with one attached hydrogen (secondary N) is 1. The second-order valence-electron chi connectivity index (χ2n) is 4.41. The van der Waals surface area contributed by atoms with Crippen LogP contribution in [-0.2, 0) is 4.74 Å². The summed E-state index contributed by atoms with van der Waals surface area (Å²) in [5.41, 5.74) is 2.33. The van der Waals surface area contributed by atoms with Gasteiger partial charge in [-0.25, -0.2) is 14.0 Å². The molecule has 1 aromatic rings. The molecule has 1 aliphatic heterocycles. The van der Waals surface area contributed by atoms with Crippen LogP contribution in [0.1, 0.15) is 6.23 Å². The van der Waals surface area contributed by atoms with E-state index >= 15 is 0 Å². The van der Waals surface area contributed by atoms with Crippen molar-refractivity contribution in [3.63, 3.8) is 0 Å². The van der Waals surface area contributed by atoms with Crippen molar-refractivity contribution in [2.24, 2.45) is 5.73 Å². The van der Waals surface area contributed by atoms with E-state index in [0.717, 1.165) is 10.9 Å². The maximum absolute atomic E-state index is 12.3. The minimum absolute atomic E-state index is 0.584. The third-order valence-electron chi connectivity index (χ3n) is 3.11. The molecule has 0 spiro atoms. The molecule has 1 aromatic heterocycles. The third-order valence-corrected chi connectivity index (χ3v) is 3.11. The van der Waals surface area contributed by atoms with Crippen LogP contribution in [0.5, 0.6) is 0 Å². The Hall–Kier alpha value is -2.06. The molecule has 0 amide bonds. The highest BCUT2D eigenvalue weighted by atomic mass is 19.1. The van der Waals surface area contributed by atoms with Gasteiger partial charge in [0, 0.05) is 0 Å². The summed E-state index contributed by atoms with van der Waals surface area (Å²) < 4.78 is 18.4. The molecule has 1 fully saturated rings. The zero-order chi connectivity index (χ0) is 15.6. The highest BCUT2D eigenvalue weighted by molar-refractivity contribution is 5.25. The van der Waals surface area contributed by atoms with Crippen LogP contribution in [0.2, 0.25) is 0 Å². The molecule has 114 valence electrons. The van der Waals surface area contributed by atoms with Gasteiger partial charge in [-0.05, 0) is 0 Å². The Labute approximate surface area is 117 Å². The lowest BCUT2D eigenvalue weighted by Gasteiger charge is -2.27. The number of ether oxygens (including phenoxy) is 1. The fourth-order valence-electron chi connectivity index (χ4n) is 2.09. The minimum Gasteiger partial charge on any atom is -0.394 e. The molecule has 9 nitrogen and oxygen atoms in total. The van der Waals surface area contributed by atoms with Crippen LogP contribution >= 0.6 is 0 Å². The standard InChI is InChI=1S/C11H13FN4O5/c12-3-1-2-11(13)7(18)6(4-17)21-8(11)16-5-14-9(19)15-10(16)20/h5-8,17-18H,3-4,13H2,(H,15,19,20)/t6-,7?,8-,11-/m1/s1. The molecular weight excluding hydrogens is 287 g/mol. The molecular formula is C11H13FN4O5. The van der Waals surface area contributed by atoms with Gasteiger partial charge in [0.1, 0.15) is 25.2 Å². The summed E-state index contributed by atoms with van der Waals surface area (Å²) in [5, 5.41) is 19.2. The zero-order valence-electron chi connectivity index (χ0n) is 10.7. The number of hydrogen-bond donors (Lipinski definition) is 4. The lowest BCUT2D eigenvalue weighted by molar-refractivity contribution is -0.0481. The Morgan fingerprint density at radius 1 is 1.62 bits per heavy atom. The predicted molar refractivity (Wildman–Crippen MR) is 66.8 cm³/mol. The molecule has 1 aliphatic rings. The van der Waals surface area contributed by atoms with Crippen molar-refractivity contribution < 1.29 is 19.3 Å². The van der Waals surface area contributed by atoms with Crippen LogP contribution in [0.4, 0.5) is 4.39 Å². The summed E-state index contributed by atoms with van der Waals surface area (Å²) in [5.74, 6) is 4.36. The van der Waals surface area contributed by atoms with Crippen LogP contribution in [0.15, 0.2) is 15.9 Å². The molecule has 0 aliphatic carbocycles. The molecule has 0 saturated carbocycles. The normalized spacial score (nSPS) is 31.7. The van der Waals surface area contributed by atoms with Crippen molar-refractivity contribution in [2.45, 2.75) is 24.0 Å². The van der Waals surface area contributed by atoms with E-state index in [2.05, 4.69) is 16.8 Å². The number of aliphatic hydroxyl groups excluding tert-OH is 2. The van der Waals surface area contributed by atoms with Gasteiger partial charge in [-0.3, -0.25) is 9.55 Å². The van der Waals surface area contributed by atoms with Crippen molar-refractivity contribution >= 4 is 0 Å². The molecule has 10 heteroatoms. The Morgan fingerprint density at radius 3 is 2.90 bits per heavy atom. The fraction of sp³-hybridized carbons (Fsp3) is 0.545. The predicted octanol–water partition coefficient (Wildman–Crippen LogP) is -3.15. The number of aliphatic hydroxyl groups is 2. The average Bonchev–Trinajstić information content (AvgIpc) is 2.70. The highest BCUT2D eigenvalue weighted by Gasteiger charge is 2.54. The van der Waals surface area contributed by atoms with Crippen LogP contribution in [0, 0.1) is 11.8 Å². The minimum atomic E-state index is -1.84. The van der Waals surface area contributed by atoms with Crippen LogP contribution in [0.3, 0.4) is 0 Å². The molecule has 1 saturated heterocycles. The first-order valence-electron chi connectivity index (χ1n) is 5.90. The van der Waals surface area contributed by atoms with Gasteiger partial charge in [0.25, 0.3) is 0 Å². The van der Waals surface area contributed by atoms with E-state index in [1.54, 1.807) is 0 Å². The fourth-order valence-corrected chi connectivity index (χ4v) is 2.09. The number of aromatic nitrogens is 3. The van der Waals surface area contributed by atoms with E-state index in [0.29, 0.717) is 0 Å². The topological polar surface area (TPSA) is 143 Å². The van der Waals surface area contributed by atoms with E-state index in [9.17, 15) is 19.1 Å². The van der Waals surface area contributed by atoms with Crippen LogP contribution < -0.4 is 17.1 Å². The van der Waals surface area contributed by atoms with Crippen molar-refractivity contribution in [2.75, 3.05) is 13.3 Å². The van der Waals surface area contributed by atoms with Gasteiger partial charge in [0.2, 0.25) is 0 Å². The quantitative estimate of drug-likeness (QED) is 0.422. The average molecular weight is 300 g/mol. The van der Waals surface area contributed by atoms with Crippen LogP contribution in [-0.4, -0.2) is 55.8 Å². The molecule has 2 heterocycles. The van der Waals surface area contributed by atoms with Gasteiger partial charge >= 0.3 is 11.4 Å². The number of rotatable bonds is 2. The second kappa shape index (κ2) is 5.74. The number of hydrogen-bond acceptors (Lipinski definition) is 7. The van der Waals surface area contributed by atoms with E-state index < -0.39 is 48.6 Å². The summed E-state index contributed by atoms with van der Waals surface area (Å²) in [6, 6.07) is 0. The summed E-state index contributed by atoms with van der Waals surface area (Å²) >= 11 is 0. The van der Waals surface area contributed by atoms with Gasteiger partial charge in [-0.2, -0.15) is 4.98 Å². The molecule has 5 N–H and O–H groups in total. The van der Waals surface area contributed by atoms with Crippen LogP contribution in [0.25, 0.3) is 0 Å². The molecule has 0 radical (unpaired) electrons. The van der Waals surface area contributed by atoms with Crippen molar-refractivity contribution in [3.8, 4) is 11.8 Å². The monoisotopic (exact) mass is 300 g/mol. The number of nitrogens with two attached hydrogens (primary N) is 1. The number of H-pyrrole nitrogens is 1. The molecule has 0 aromatic carbocycles. The van der Waals surface area contributed by atoms with E-state index in [-0.39, 0.29) is 0 Å². The summed E-state index contributed by atoms with van der Waals surface area (Å²) in [7, 11) is 0. The summed E-state index contributed by atoms with van der Waals surface area (Å²) in [4.78, 5) is 28.0. The number of halogens is 1. The van der Waals surface area contributed by atoms with Gasteiger partial charge in [-0.15, -0.1) is 0 Å². The molecule has 0 bridgehead atoms. The highest BCUT2D eigenvalue weighted by Crippen LogP contribution is 2.35. The van der Waals surface area contributed by atoms with Gasteiger partial charge in [0.05, 0.1) is 6.61 Å².